The number of para-hydroxylation sites is 2. The molecule has 0 radical (unpaired) electrons. The molecule has 3 aromatic carbocycles. The van der Waals surface area contributed by atoms with Crippen molar-refractivity contribution in [2.24, 2.45) is 0 Å². The molecule has 3 aromatic rings. The average molecular weight is 353 g/mol. The fourth-order valence-corrected chi connectivity index (χ4v) is 3.54. The third kappa shape index (κ3) is 5.03. The van der Waals surface area contributed by atoms with Gasteiger partial charge in [-0.25, -0.2) is 0 Å². The van der Waals surface area contributed by atoms with Gasteiger partial charge in [-0.15, -0.1) is 0 Å². The molecule has 25 heavy (non-hydrogen) atoms. The van der Waals surface area contributed by atoms with Crippen LogP contribution in [0.15, 0.2) is 84.9 Å². The summed E-state index contributed by atoms with van der Waals surface area (Å²) in [5, 5.41) is 10.8. The summed E-state index contributed by atoms with van der Waals surface area (Å²) >= 11 is 0. The summed E-state index contributed by atoms with van der Waals surface area (Å²) in [7, 11) is -1.28. The maximum Gasteiger partial charge on any atom is 0.295 e. The molecule has 6 heteroatoms. The van der Waals surface area contributed by atoms with Crippen LogP contribution in [0.1, 0.15) is 5.56 Å². The molecule has 3 rings (SSSR count). The lowest BCUT2D eigenvalue weighted by Crippen LogP contribution is -1.99. The van der Waals surface area contributed by atoms with Gasteiger partial charge in [0.05, 0.1) is 11.1 Å². The monoisotopic (exact) mass is 353 g/mol. The molecule has 0 aliphatic carbocycles. The summed E-state index contributed by atoms with van der Waals surface area (Å²) in [6.45, 7) is 0. The van der Waals surface area contributed by atoms with Gasteiger partial charge in [0, 0.05) is 12.1 Å². The third-order valence-electron chi connectivity index (χ3n) is 3.36. The zero-order valence-corrected chi connectivity index (χ0v) is 14.2. The van der Waals surface area contributed by atoms with Crippen LogP contribution in [-0.4, -0.2) is 4.92 Å². The summed E-state index contributed by atoms with van der Waals surface area (Å²) < 4.78 is 12.0. The number of rotatable bonds is 7. The second kappa shape index (κ2) is 8.27. The van der Waals surface area contributed by atoms with E-state index >= 15 is 0 Å². The Bertz CT molecular complexity index is 768. The van der Waals surface area contributed by atoms with Gasteiger partial charge in [-0.05, 0) is 29.8 Å². The Hall–Kier alpha value is -2.91. The predicted octanol–water partition coefficient (Wildman–Crippen LogP) is 5.56. The zero-order valence-electron chi connectivity index (χ0n) is 13.3. The standard InChI is InChI=1S/C19H16NO4P/c21-20(22)17-13-11-16(12-14-17)15-25(23-18-7-3-1-4-8-18)24-19-9-5-2-6-10-19/h1-14H,15H2. The van der Waals surface area contributed by atoms with Crippen molar-refractivity contribution in [3.63, 3.8) is 0 Å². The van der Waals surface area contributed by atoms with Gasteiger partial charge in [0.25, 0.3) is 14.1 Å². The Balaban J connectivity index is 1.76. The SMILES string of the molecule is O=[N+]([O-])c1ccc(CP(Oc2ccccc2)Oc2ccccc2)cc1. The lowest BCUT2D eigenvalue weighted by Gasteiger charge is -2.19. The molecule has 0 aliphatic heterocycles. The highest BCUT2D eigenvalue weighted by molar-refractivity contribution is 7.47. The number of hydrogen-bond acceptors (Lipinski definition) is 4. The van der Waals surface area contributed by atoms with Crippen molar-refractivity contribution in [2.75, 3.05) is 0 Å². The fourth-order valence-electron chi connectivity index (χ4n) is 2.15. The van der Waals surface area contributed by atoms with Gasteiger partial charge in [-0.3, -0.25) is 10.1 Å². The van der Waals surface area contributed by atoms with Crippen LogP contribution in [0.3, 0.4) is 0 Å². The van der Waals surface area contributed by atoms with Crippen LogP contribution in [0.4, 0.5) is 5.69 Å². The second-order valence-electron chi connectivity index (χ2n) is 5.22. The molecule has 5 nitrogen and oxygen atoms in total. The molecule has 0 aromatic heterocycles. The summed E-state index contributed by atoms with van der Waals surface area (Å²) in [5.41, 5.74) is 0.990. The molecule has 0 aliphatic rings. The van der Waals surface area contributed by atoms with E-state index in [4.69, 9.17) is 9.05 Å². The van der Waals surface area contributed by atoms with Crippen molar-refractivity contribution in [2.45, 2.75) is 6.16 Å². The zero-order chi connectivity index (χ0) is 17.5. The predicted molar refractivity (Wildman–Crippen MR) is 97.9 cm³/mol. The highest BCUT2D eigenvalue weighted by Gasteiger charge is 2.17. The minimum Gasteiger partial charge on any atom is -0.438 e. The van der Waals surface area contributed by atoms with Crippen molar-refractivity contribution in [3.8, 4) is 11.5 Å². The first kappa shape index (κ1) is 16.9. The molecule has 0 unspecified atom stereocenters. The van der Waals surface area contributed by atoms with E-state index in [0.29, 0.717) is 6.16 Å². The minimum absolute atomic E-state index is 0.0704. The first-order valence-corrected chi connectivity index (χ1v) is 9.04. The van der Waals surface area contributed by atoms with Crippen LogP contribution in [0, 0.1) is 10.1 Å². The van der Waals surface area contributed by atoms with E-state index in [9.17, 15) is 10.1 Å². The Morgan fingerprint density at radius 3 is 1.68 bits per heavy atom. The van der Waals surface area contributed by atoms with Crippen molar-refractivity contribution >= 4 is 14.1 Å². The summed E-state index contributed by atoms with van der Waals surface area (Å²) in [6, 6.07) is 25.4. The average Bonchev–Trinajstić information content (AvgIpc) is 2.64. The van der Waals surface area contributed by atoms with Gasteiger partial charge in [-0.1, -0.05) is 48.5 Å². The quantitative estimate of drug-likeness (QED) is 0.317. The van der Waals surface area contributed by atoms with E-state index in [1.807, 2.05) is 60.7 Å². The molecule has 0 saturated carbocycles. The number of non-ortho nitro benzene ring substituents is 1. The lowest BCUT2D eigenvalue weighted by molar-refractivity contribution is -0.384. The maximum absolute atomic E-state index is 10.8. The molecule has 0 N–H and O–H groups in total. The topological polar surface area (TPSA) is 61.6 Å². The Labute approximate surface area is 146 Å². The number of hydrogen-bond donors (Lipinski definition) is 0. The first-order chi connectivity index (χ1) is 12.2. The van der Waals surface area contributed by atoms with Gasteiger partial charge in [0.1, 0.15) is 11.5 Å². The highest BCUT2D eigenvalue weighted by atomic mass is 31.2. The summed E-state index contributed by atoms with van der Waals surface area (Å²) in [4.78, 5) is 10.4. The van der Waals surface area contributed by atoms with Gasteiger partial charge in [0.15, 0.2) is 0 Å². The maximum atomic E-state index is 10.8. The second-order valence-corrected chi connectivity index (χ2v) is 6.57. The number of benzene rings is 3. The molecule has 0 heterocycles. The van der Waals surface area contributed by atoms with Crippen LogP contribution in [0.5, 0.6) is 11.5 Å². The number of nitro benzene ring substituents is 1. The highest BCUT2D eigenvalue weighted by Crippen LogP contribution is 2.43. The van der Waals surface area contributed by atoms with Crippen LogP contribution in [0.25, 0.3) is 0 Å². The number of nitro groups is 1. The molecule has 0 atom stereocenters. The number of nitrogens with zero attached hydrogens (tertiary/aromatic N) is 1. The van der Waals surface area contributed by atoms with Gasteiger partial charge >= 0.3 is 0 Å². The van der Waals surface area contributed by atoms with Crippen molar-refractivity contribution in [1.82, 2.24) is 0 Å². The van der Waals surface area contributed by atoms with Crippen molar-refractivity contribution in [1.29, 1.82) is 0 Å². The molecule has 0 amide bonds. The van der Waals surface area contributed by atoms with E-state index < -0.39 is 13.3 Å². The van der Waals surface area contributed by atoms with E-state index in [0.717, 1.165) is 17.1 Å². The molecule has 0 spiro atoms. The Morgan fingerprint density at radius 1 is 0.760 bits per heavy atom. The fraction of sp³-hybridized carbons (Fsp3) is 0.0526. The lowest BCUT2D eigenvalue weighted by atomic mass is 10.2. The Morgan fingerprint density at radius 2 is 1.24 bits per heavy atom. The van der Waals surface area contributed by atoms with E-state index in [2.05, 4.69) is 0 Å². The van der Waals surface area contributed by atoms with Gasteiger partial charge in [-0.2, -0.15) is 0 Å². The molecule has 0 fully saturated rings. The van der Waals surface area contributed by atoms with E-state index in [-0.39, 0.29) is 5.69 Å². The molecule has 0 bridgehead atoms. The summed E-state index contributed by atoms with van der Waals surface area (Å²) in [5.74, 6) is 1.46. The van der Waals surface area contributed by atoms with E-state index in [1.54, 1.807) is 12.1 Å². The van der Waals surface area contributed by atoms with Crippen LogP contribution >= 0.6 is 8.38 Å². The largest absolute Gasteiger partial charge is 0.438 e. The normalized spacial score (nSPS) is 10.4. The first-order valence-electron chi connectivity index (χ1n) is 7.67. The van der Waals surface area contributed by atoms with Crippen LogP contribution < -0.4 is 9.05 Å². The van der Waals surface area contributed by atoms with Crippen molar-refractivity contribution < 1.29 is 14.0 Å². The molecule has 0 saturated heterocycles. The summed E-state index contributed by atoms with van der Waals surface area (Å²) in [6.07, 6.45) is 0.525. The van der Waals surface area contributed by atoms with E-state index in [1.165, 1.54) is 12.1 Å². The van der Waals surface area contributed by atoms with Crippen molar-refractivity contribution in [3.05, 3.63) is 101 Å². The Kier molecular flexibility index (Phi) is 5.60. The minimum atomic E-state index is -1.28. The van der Waals surface area contributed by atoms with Crippen LogP contribution in [-0.2, 0) is 6.16 Å². The third-order valence-corrected chi connectivity index (χ3v) is 4.81. The molecular formula is C19H16NO4P. The smallest absolute Gasteiger partial charge is 0.295 e. The molecule has 126 valence electrons. The molecular weight excluding hydrogens is 337 g/mol. The van der Waals surface area contributed by atoms with Gasteiger partial charge in [0.2, 0.25) is 0 Å². The van der Waals surface area contributed by atoms with Crippen LogP contribution in [0.2, 0.25) is 0 Å². The van der Waals surface area contributed by atoms with Gasteiger partial charge < -0.3 is 9.05 Å².